The Balaban J connectivity index is 1.60. The molecule has 3 rings (SSSR count). The van der Waals surface area contributed by atoms with Gasteiger partial charge < -0.3 is 10.6 Å². The van der Waals surface area contributed by atoms with Crippen LogP contribution in [-0.2, 0) is 4.79 Å². The lowest BCUT2D eigenvalue weighted by molar-refractivity contribution is -0.125. The first kappa shape index (κ1) is 20.2. The highest BCUT2D eigenvalue weighted by Crippen LogP contribution is 2.40. The predicted octanol–water partition coefficient (Wildman–Crippen LogP) is 4.57. The van der Waals surface area contributed by atoms with Crippen LogP contribution in [0.1, 0.15) is 69.2 Å². The molecule has 0 aromatic heterocycles. The van der Waals surface area contributed by atoms with Gasteiger partial charge >= 0.3 is 0 Å². The summed E-state index contributed by atoms with van der Waals surface area (Å²) in [6.45, 7) is 3.91. The summed E-state index contributed by atoms with van der Waals surface area (Å²) in [7, 11) is 0. The van der Waals surface area contributed by atoms with E-state index in [4.69, 9.17) is 11.6 Å². The number of benzene rings is 1. The lowest BCUT2D eigenvalue weighted by atomic mass is 9.69. The SMILES string of the molecule is CC(C)[C@H](NC(=O)c1ccccc1Cl)C(=O)N[C@@H]1CC[C@@H]2CCCC[C@@H]2C1. The molecule has 5 heteroatoms. The molecule has 2 saturated carbocycles. The first-order valence-electron chi connectivity index (χ1n) is 10.3. The summed E-state index contributed by atoms with van der Waals surface area (Å²) in [6.07, 6.45) is 8.69. The monoisotopic (exact) mass is 390 g/mol. The van der Waals surface area contributed by atoms with Gasteiger partial charge in [0.25, 0.3) is 5.91 Å². The van der Waals surface area contributed by atoms with Gasteiger partial charge in [0, 0.05) is 6.04 Å². The lowest BCUT2D eigenvalue weighted by Gasteiger charge is -2.40. The van der Waals surface area contributed by atoms with Crippen molar-refractivity contribution in [2.45, 2.75) is 70.9 Å². The van der Waals surface area contributed by atoms with Crippen LogP contribution in [0.4, 0.5) is 0 Å². The molecule has 0 spiro atoms. The smallest absolute Gasteiger partial charge is 0.253 e. The van der Waals surface area contributed by atoms with Crippen molar-refractivity contribution < 1.29 is 9.59 Å². The van der Waals surface area contributed by atoms with Gasteiger partial charge in [0.2, 0.25) is 5.91 Å². The molecular formula is C22H31ClN2O2. The zero-order chi connectivity index (χ0) is 19.4. The Bertz CT molecular complexity index is 676. The number of nitrogens with one attached hydrogen (secondary N) is 2. The Kier molecular flexibility index (Phi) is 6.80. The third kappa shape index (κ3) is 5.04. The number of amides is 2. The molecule has 1 aromatic rings. The molecule has 1 aromatic carbocycles. The zero-order valence-corrected chi connectivity index (χ0v) is 17.1. The molecule has 2 amide bonds. The maximum atomic E-state index is 12.9. The fourth-order valence-corrected chi connectivity index (χ4v) is 4.92. The molecule has 0 saturated heterocycles. The van der Waals surface area contributed by atoms with E-state index in [-0.39, 0.29) is 23.8 Å². The van der Waals surface area contributed by atoms with Crippen molar-refractivity contribution in [1.29, 1.82) is 0 Å². The Labute approximate surface area is 167 Å². The summed E-state index contributed by atoms with van der Waals surface area (Å²) in [5.41, 5.74) is 0.403. The van der Waals surface area contributed by atoms with Crippen LogP contribution in [0, 0.1) is 17.8 Å². The van der Waals surface area contributed by atoms with Crippen molar-refractivity contribution in [3.05, 3.63) is 34.9 Å². The standard InChI is InChI=1S/C22H31ClN2O2/c1-14(2)20(25-21(26)18-9-5-6-10-19(18)23)22(27)24-17-12-11-15-7-3-4-8-16(15)13-17/h5-6,9-10,14-17,20H,3-4,7-8,11-13H2,1-2H3,(H,24,27)(H,25,26)/t15-,16+,17+,20-/m0/s1. The van der Waals surface area contributed by atoms with Gasteiger partial charge in [-0.1, -0.05) is 63.3 Å². The Morgan fingerprint density at radius 1 is 1.04 bits per heavy atom. The molecule has 0 radical (unpaired) electrons. The van der Waals surface area contributed by atoms with E-state index in [0.29, 0.717) is 10.6 Å². The van der Waals surface area contributed by atoms with Gasteiger partial charge in [-0.05, 0) is 49.1 Å². The highest BCUT2D eigenvalue weighted by atomic mass is 35.5. The van der Waals surface area contributed by atoms with E-state index in [9.17, 15) is 9.59 Å². The number of rotatable bonds is 5. The highest BCUT2D eigenvalue weighted by molar-refractivity contribution is 6.33. The molecule has 2 N–H and O–H groups in total. The maximum Gasteiger partial charge on any atom is 0.253 e. The van der Waals surface area contributed by atoms with Crippen molar-refractivity contribution in [3.8, 4) is 0 Å². The van der Waals surface area contributed by atoms with Crippen molar-refractivity contribution >= 4 is 23.4 Å². The summed E-state index contributed by atoms with van der Waals surface area (Å²) in [6, 6.07) is 6.59. The van der Waals surface area contributed by atoms with Gasteiger partial charge in [0.1, 0.15) is 6.04 Å². The van der Waals surface area contributed by atoms with Crippen LogP contribution in [0.5, 0.6) is 0 Å². The largest absolute Gasteiger partial charge is 0.352 e. The van der Waals surface area contributed by atoms with E-state index in [2.05, 4.69) is 10.6 Å². The second-order valence-electron chi connectivity index (χ2n) is 8.50. The maximum absolute atomic E-state index is 12.9. The highest BCUT2D eigenvalue weighted by Gasteiger charge is 2.34. The molecule has 0 unspecified atom stereocenters. The second kappa shape index (κ2) is 9.09. The fraction of sp³-hybridized carbons (Fsp3) is 0.636. The van der Waals surface area contributed by atoms with Crippen LogP contribution < -0.4 is 10.6 Å². The summed E-state index contributed by atoms with van der Waals surface area (Å²) in [5.74, 6) is 1.23. The Morgan fingerprint density at radius 2 is 1.74 bits per heavy atom. The number of hydrogen-bond acceptors (Lipinski definition) is 2. The van der Waals surface area contributed by atoms with E-state index in [0.717, 1.165) is 24.7 Å². The third-order valence-corrected chi connectivity index (χ3v) is 6.57. The molecule has 148 valence electrons. The number of hydrogen-bond donors (Lipinski definition) is 2. The molecule has 4 nitrogen and oxygen atoms in total. The van der Waals surface area contributed by atoms with Gasteiger partial charge in [-0.15, -0.1) is 0 Å². The summed E-state index contributed by atoms with van der Waals surface area (Å²) in [5, 5.41) is 6.50. The summed E-state index contributed by atoms with van der Waals surface area (Å²) < 4.78 is 0. The topological polar surface area (TPSA) is 58.2 Å². The van der Waals surface area contributed by atoms with Crippen LogP contribution in [0.25, 0.3) is 0 Å². The number of halogens is 1. The van der Waals surface area contributed by atoms with E-state index in [1.807, 2.05) is 13.8 Å². The molecule has 0 heterocycles. The molecule has 2 aliphatic carbocycles. The second-order valence-corrected chi connectivity index (χ2v) is 8.91. The number of fused-ring (bicyclic) bond motifs is 1. The van der Waals surface area contributed by atoms with Crippen LogP contribution in [0.15, 0.2) is 24.3 Å². The van der Waals surface area contributed by atoms with Gasteiger partial charge in [-0.3, -0.25) is 9.59 Å². The van der Waals surface area contributed by atoms with Crippen LogP contribution in [-0.4, -0.2) is 23.9 Å². The average molecular weight is 391 g/mol. The van der Waals surface area contributed by atoms with Crippen molar-refractivity contribution in [1.82, 2.24) is 10.6 Å². The van der Waals surface area contributed by atoms with E-state index in [1.165, 1.54) is 32.1 Å². The first-order chi connectivity index (χ1) is 13.0. The number of carbonyl (C=O) groups is 2. The minimum Gasteiger partial charge on any atom is -0.352 e. The molecule has 4 atom stereocenters. The van der Waals surface area contributed by atoms with E-state index in [1.54, 1.807) is 24.3 Å². The summed E-state index contributed by atoms with van der Waals surface area (Å²) >= 11 is 6.12. The van der Waals surface area contributed by atoms with Crippen LogP contribution in [0.2, 0.25) is 5.02 Å². The molecule has 0 aliphatic heterocycles. The van der Waals surface area contributed by atoms with Crippen LogP contribution >= 0.6 is 11.6 Å². The quantitative estimate of drug-likeness (QED) is 0.773. The molecular weight excluding hydrogens is 360 g/mol. The van der Waals surface area contributed by atoms with Crippen molar-refractivity contribution in [3.63, 3.8) is 0 Å². The third-order valence-electron chi connectivity index (χ3n) is 6.24. The Hall–Kier alpha value is -1.55. The van der Waals surface area contributed by atoms with E-state index < -0.39 is 6.04 Å². The zero-order valence-electron chi connectivity index (χ0n) is 16.3. The van der Waals surface area contributed by atoms with Gasteiger partial charge in [0.05, 0.1) is 10.6 Å². The molecule has 0 bridgehead atoms. The molecule has 27 heavy (non-hydrogen) atoms. The van der Waals surface area contributed by atoms with Crippen molar-refractivity contribution in [2.24, 2.45) is 17.8 Å². The lowest BCUT2D eigenvalue weighted by Crippen LogP contribution is -2.53. The minimum atomic E-state index is -0.558. The molecule has 2 aliphatic rings. The predicted molar refractivity (Wildman–Crippen MR) is 109 cm³/mol. The molecule has 2 fully saturated rings. The van der Waals surface area contributed by atoms with Crippen molar-refractivity contribution in [2.75, 3.05) is 0 Å². The van der Waals surface area contributed by atoms with Gasteiger partial charge in [-0.2, -0.15) is 0 Å². The normalized spacial score (nSPS) is 26.1. The average Bonchev–Trinajstić information content (AvgIpc) is 2.65. The van der Waals surface area contributed by atoms with E-state index >= 15 is 0 Å². The van der Waals surface area contributed by atoms with Gasteiger partial charge in [-0.25, -0.2) is 0 Å². The number of carbonyl (C=O) groups excluding carboxylic acids is 2. The Morgan fingerprint density at radius 3 is 2.44 bits per heavy atom. The first-order valence-corrected chi connectivity index (χ1v) is 10.7. The summed E-state index contributed by atoms with van der Waals surface area (Å²) in [4.78, 5) is 25.5. The fourth-order valence-electron chi connectivity index (χ4n) is 4.69. The van der Waals surface area contributed by atoms with Gasteiger partial charge in [0.15, 0.2) is 0 Å². The van der Waals surface area contributed by atoms with Crippen LogP contribution in [0.3, 0.4) is 0 Å². The minimum absolute atomic E-state index is 0.00228.